The van der Waals surface area contributed by atoms with Gasteiger partial charge in [0.2, 0.25) is 5.75 Å². The lowest BCUT2D eigenvalue weighted by molar-refractivity contribution is -0.148. The molecule has 0 fully saturated rings. The summed E-state index contributed by atoms with van der Waals surface area (Å²) in [6.45, 7) is 8.40. The first-order valence-electron chi connectivity index (χ1n) is 5.20. The van der Waals surface area contributed by atoms with Gasteiger partial charge in [0.15, 0.2) is 0 Å². The molecule has 0 aromatic heterocycles. The number of carbonyl (C=O) groups excluding carboxylic acids is 2. The maximum Gasteiger partial charge on any atom is 0.356 e. The Bertz CT molecular complexity index is 288. The highest BCUT2D eigenvalue weighted by atomic mass is 32.2. The highest BCUT2D eigenvalue weighted by Crippen LogP contribution is 2.01. The van der Waals surface area contributed by atoms with E-state index in [1.54, 1.807) is 13.8 Å². The van der Waals surface area contributed by atoms with Crippen LogP contribution in [0.4, 0.5) is 0 Å². The van der Waals surface area contributed by atoms with Gasteiger partial charge in [-0.2, -0.15) is 0 Å². The molecular formula is C11H18O5S. The van der Waals surface area contributed by atoms with Crippen LogP contribution in [0.5, 0.6) is 0 Å². The van der Waals surface area contributed by atoms with Gasteiger partial charge in [0.05, 0.1) is 0 Å². The van der Waals surface area contributed by atoms with E-state index in [1.807, 2.05) is 0 Å². The summed E-state index contributed by atoms with van der Waals surface area (Å²) in [5, 5.41) is -0.0798. The van der Waals surface area contributed by atoms with Crippen LogP contribution in [0, 0.1) is 0 Å². The van der Waals surface area contributed by atoms with E-state index in [1.165, 1.54) is 6.92 Å². The topological polar surface area (TPSA) is 75.7 Å². The van der Waals surface area contributed by atoms with Crippen molar-refractivity contribution < 1.29 is 23.6 Å². The summed E-state index contributed by atoms with van der Waals surface area (Å²) in [6, 6.07) is 0. The van der Waals surface area contributed by atoms with Gasteiger partial charge in [-0.15, -0.1) is 0 Å². The number of esters is 2. The lowest BCUT2D eigenvalue weighted by Gasteiger charge is -2.13. The molecular weight excluding hydrogens is 244 g/mol. The third-order valence-corrected chi connectivity index (χ3v) is 3.29. The fourth-order valence-corrected chi connectivity index (χ4v) is 1.39. The highest BCUT2D eigenvalue weighted by Gasteiger charge is 2.17. The molecule has 0 aliphatic carbocycles. The van der Waals surface area contributed by atoms with E-state index in [0.29, 0.717) is 0 Å². The lowest BCUT2D eigenvalue weighted by atomic mass is 10.4. The van der Waals surface area contributed by atoms with Crippen molar-refractivity contribution in [2.24, 2.45) is 0 Å². The maximum absolute atomic E-state index is 11.3. The molecule has 6 heteroatoms. The fraction of sp³-hybridized carbons (Fsp3) is 0.636. The maximum atomic E-state index is 11.3. The molecule has 0 N–H and O–H groups in total. The van der Waals surface area contributed by atoms with Crippen LogP contribution in [0.2, 0.25) is 0 Å². The van der Waals surface area contributed by atoms with Gasteiger partial charge in [-0.1, -0.05) is 6.58 Å². The monoisotopic (exact) mass is 262 g/mol. The minimum atomic E-state index is -1.22. The summed E-state index contributed by atoms with van der Waals surface area (Å²) >= 11 is -1.22. The zero-order valence-electron chi connectivity index (χ0n) is 10.4. The summed E-state index contributed by atoms with van der Waals surface area (Å²) < 4.78 is 20.8. The standard InChI is InChI=1S/C11H18O5S/c1-8(2)11(13)16-6-5-15-10(12)7-17(14)9(3)4/h9H,1,5-7H2,2-4H3. The van der Waals surface area contributed by atoms with E-state index < -0.39 is 23.1 Å². The van der Waals surface area contributed by atoms with Crippen molar-refractivity contribution in [1.29, 1.82) is 0 Å². The molecule has 5 nitrogen and oxygen atoms in total. The largest absolute Gasteiger partial charge is 0.616 e. The zero-order chi connectivity index (χ0) is 13.4. The molecule has 0 saturated carbocycles. The van der Waals surface area contributed by atoms with Crippen LogP contribution in [0.1, 0.15) is 20.8 Å². The third kappa shape index (κ3) is 7.82. The molecule has 1 unspecified atom stereocenters. The first-order chi connectivity index (χ1) is 7.84. The van der Waals surface area contributed by atoms with Crippen LogP contribution < -0.4 is 0 Å². The van der Waals surface area contributed by atoms with Gasteiger partial charge >= 0.3 is 11.9 Å². The molecule has 0 heterocycles. The smallest absolute Gasteiger partial charge is 0.356 e. The Morgan fingerprint density at radius 1 is 1.29 bits per heavy atom. The van der Waals surface area contributed by atoms with E-state index in [2.05, 4.69) is 6.58 Å². The first kappa shape index (κ1) is 16.0. The number of hydrogen-bond acceptors (Lipinski definition) is 5. The van der Waals surface area contributed by atoms with Crippen molar-refractivity contribution >= 4 is 23.1 Å². The van der Waals surface area contributed by atoms with Crippen molar-refractivity contribution in [3.05, 3.63) is 12.2 Å². The molecule has 0 radical (unpaired) electrons. The zero-order valence-corrected chi connectivity index (χ0v) is 11.2. The van der Waals surface area contributed by atoms with Crippen molar-refractivity contribution in [2.75, 3.05) is 19.0 Å². The van der Waals surface area contributed by atoms with Crippen LogP contribution in [-0.4, -0.2) is 40.7 Å². The summed E-state index contributed by atoms with van der Waals surface area (Å²) in [5.74, 6) is -1.21. The Kier molecular flexibility index (Phi) is 7.65. The SMILES string of the molecule is C=C(C)C(=O)OCCOC(=O)C[S+]([O-])C(C)C. The number of ether oxygens (including phenoxy) is 2. The van der Waals surface area contributed by atoms with Crippen LogP contribution >= 0.6 is 0 Å². The predicted molar refractivity (Wildman–Crippen MR) is 64.9 cm³/mol. The molecule has 0 amide bonds. The van der Waals surface area contributed by atoms with Gasteiger partial charge in [-0.05, 0) is 31.9 Å². The van der Waals surface area contributed by atoms with Gasteiger partial charge in [0.1, 0.15) is 18.5 Å². The molecule has 0 rings (SSSR count). The molecule has 0 aromatic rings. The molecule has 0 spiro atoms. The van der Waals surface area contributed by atoms with E-state index in [9.17, 15) is 14.1 Å². The predicted octanol–water partition coefficient (Wildman–Crippen LogP) is 0.806. The van der Waals surface area contributed by atoms with Crippen molar-refractivity contribution in [2.45, 2.75) is 26.0 Å². The second kappa shape index (κ2) is 8.14. The average Bonchev–Trinajstić information content (AvgIpc) is 2.23. The summed E-state index contributed by atoms with van der Waals surface area (Å²) in [4.78, 5) is 22.1. The normalized spacial score (nSPS) is 12.1. The number of carbonyl (C=O) groups is 2. The van der Waals surface area contributed by atoms with Crippen LogP contribution in [0.15, 0.2) is 12.2 Å². The second-order valence-electron chi connectivity index (χ2n) is 3.71. The quantitative estimate of drug-likeness (QED) is 0.294. The Hall–Kier alpha value is -1.01. The van der Waals surface area contributed by atoms with Crippen LogP contribution in [-0.2, 0) is 30.2 Å². The van der Waals surface area contributed by atoms with E-state index >= 15 is 0 Å². The summed E-state index contributed by atoms with van der Waals surface area (Å²) in [6.07, 6.45) is 0. The molecule has 0 bridgehead atoms. The minimum Gasteiger partial charge on any atom is -0.616 e. The van der Waals surface area contributed by atoms with Crippen LogP contribution in [0.3, 0.4) is 0 Å². The fourth-order valence-electron chi connectivity index (χ4n) is 0.738. The van der Waals surface area contributed by atoms with Crippen molar-refractivity contribution in [3.63, 3.8) is 0 Å². The van der Waals surface area contributed by atoms with E-state index in [4.69, 9.17) is 9.47 Å². The Balaban J connectivity index is 3.65. The molecule has 0 aliphatic rings. The molecule has 1 atom stereocenters. The lowest BCUT2D eigenvalue weighted by Crippen LogP contribution is -2.26. The summed E-state index contributed by atoms with van der Waals surface area (Å²) in [5.41, 5.74) is 0.289. The first-order valence-corrected chi connectivity index (χ1v) is 6.58. The number of hydrogen-bond donors (Lipinski definition) is 0. The van der Waals surface area contributed by atoms with Crippen molar-refractivity contribution in [1.82, 2.24) is 0 Å². The summed E-state index contributed by atoms with van der Waals surface area (Å²) in [7, 11) is 0. The molecule has 0 saturated heterocycles. The molecule has 17 heavy (non-hydrogen) atoms. The van der Waals surface area contributed by atoms with Gasteiger partial charge in [0, 0.05) is 5.57 Å². The number of rotatable bonds is 7. The molecule has 98 valence electrons. The minimum absolute atomic E-state index is 0.0221. The Morgan fingerprint density at radius 2 is 1.82 bits per heavy atom. The Labute approximate surface area is 104 Å². The Morgan fingerprint density at radius 3 is 2.29 bits per heavy atom. The average molecular weight is 262 g/mol. The highest BCUT2D eigenvalue weighted by molar-refractivity contribution is 7.92. The molecule has 0 aliphatic heterocycles. The van der Waals surface area contributed by atoms with E-state index in [0.717, 1.165) is 0 Å². The van der Waals surface area contributed by atoms with Crippen molar-refractivity contribution in [3.8, 4) is 0 Å². The second-order valence-corrected chi connectivity index (χ2v) is 5.70. The van der Waals surface area contributed by atoms with Gasteiger partial charge in [-0.25, -0.2) is 9.59 Å². The van der Waals surface area contributed by atoms with Crippen LogP contribution in [0.25, 0.3) is 0 Å². The van der Waals surface area contributed by atoms with E-state index in [-0.39, 0.29) is 29.8 Å². The van der Waals surface area contributed by atoms with Gasteiger partial charge in [0.25, 0.3) is 0 Å². The molecule has 0 aromatic carbocycles. The van der Waals surface area contributed by atoms with Gasteiger partial charge < -0.3 is 14.0 Å². The van der Waals surface area contributed by atoms with Gasteiger partial charge in [-0.3, -0.25) is 0 Å². The third-order valence-electron chi connectivity index (χ3n) is 1.71.